The van der Waals surface area contributed by atoms with Gasteiger partial charge in [-0.25, -0.2) is 8.78 Å². The first-order valence-corrected chi connectivity index (χ1v) is 5.95. The summed E-state index contributed by atoms with van der Waals surface area (Å²) in [5.74, 6) is -1.82. The fourth-order valence-corrected chi connectivity index (χ4v) is 2.34. The SMILES string of the molecule is O=C(c1cc(F)cc(F)c1)N1Cc2ccccc2C1. The highest BCUT2D eigenvalue weighted by Gasteiger charge is 2.24. The van der Waals surface area contributed by atoms with E-state index in [2.05, 4.69) is 0 Å². The lowest BCUT2D eigenvalue weighted by molar-refractivity contribution is 0.0750. The van der Waals surface area contributed by atoms with Crippen molar-refractivity contribution in [2.45, 2.75) is 13.1 Å². The van der Waals surface area contributed by atoms with Crippen molar-refractivity contribution in [3.05, 3.63) is 70.8 Å². The van der Waals surface area contributed by atoms with Crippen LogP contribution in [0.25, 0.3) is 0 Å². The summed E-state index contributed by atoms with van der Waals surface area (Å²) in [5.41, 5.74) is 2.20. The number of nitrogens with zero attached hydrogens (tertiary/aromatic N) is 1. The monoisotopic (exact) mass is 259 g/mol. The zero-order chi connectivity index (χ0) is 13.4. The second-order valence-corrected chi connectivity index (χ2v) is 4.59. The number of amides is 1. The first kappa shape index (κ1) is 11.8. The fraction of sp³-hybridized carbons (Fsp3) is 0.133. The van der Waals surface area contributed by atoms with Gasteiger partial charge in [0.15, 0.2) is 0 Å². The molecule has 0 spiro atoms. The van der Waals surface area contributed by atoms with E-state index in [4.69, 9.17) is 0 Å². The normalized spacial score (nSPS) is 13.5. The molecule has 0 N–H and O–H groups in total. The second kappa shape index (κ2) is 4.46. The molecule has 0 atom stereocenters. The molecular formula is C15H11F2NO. The summed E-state index contributed by atoms with van der Waals surface area (Å²) < 4.78 is 26.3. The van der Waals surface area contributed by atoms with Crippen LogP contribution in [-0.4, -0.2) is 10.8 Å². The Morgan fingerprint density at radius 3 is 2.00 bits per heavy atom. The van der Waals surface area contributed by atoms with Gasteiger partial charge in [-0.15, -0.1) is 0 Å². The molecule has 0 saturated carbocycles. The molecule has 2 nitrogen and oxygen atoms in total. The number of rotatable bonds is 1. The maximum Gasteiger partial charge on any atom is 0.254 e. The zero-order valence-corrected chi connectivity index (χ0v) is 10.1. The molecular weight excluding hydrogens is 248 g/mol. The van der Waals surface area contributed by atoms with Crippen molar-refractivity contribution in [2.75, 3.05) is 0 Å². The molecule has 1 aliphatic heterocycles. The Balaban J connectivity index is 1.87. The van der Waals surface area contributed by atoms with E-state index in [1.54, 1.807) is 4.90 Å². The molecule has 0 unspecified atom stereocenters. The lowest BCUT2D eigenvalue weighted by Gasteiger charge is -2.15. The predicted octanol–water partition coefficient (Wildman–Crippen LogP) is 3.12. The minimum absolute atomic E-state index is 0.0466. The number of carbonyl (C=O) groups is 1. The van der Waals surface area contributed by atoms with Gasteiger partial charge >= 0.3 is 0 Å². The first-order chi connectivity index (χ1) is 9.13. The number of halogens is 2. The molecule has 0 aromatic heterocycles. The van der Waals surface area contributed by atoms with E-state index in [1.807, 2.05) is 24.3 Å². The maximum atomic E-state index is 13.1. The Hall–Kier alpha value is -2.23. The molecule has 0 aliphatic carbocycles. The van der Waals surface area contributed by atoms with Crippen LogP contribution in [0.5, 0.6) is 0 Å². The Morgan fingerprint density at radius 1 is 0.947 bits per heavy atom. The van der Waals surface area contributed by atoms with E-state index in [0.717, 1.165) is 29.3 Å². The van der Waals surface area contributed by atoms with Crippen molar-refractivity contribution in [3.8, 4) is 0 Å². The van der Waals surface area contributed by atoms with Crippen molar-refractivity contribution < 1.29 is 13.6 Å². The van der Waals surface area contributed by atoms with Crippen LogP contribution < -0.4 is 0 Å². The van der Waals surface area contributed by atoms with Crippen LogP contribution in [0.2, 0.25) is 0 Å². The third kappa shape index (κ3) is 2.21. The highest BCUT2D eigenvalue weighted by atomic mass is 19.1. The Labute approximate surface area is 109 Å². The Kier molecular flexibility index (Phi) is 2.78. The van der Waals surface area contributed by atoms with Crippen LogP contribution in [0.15, 0.2) is 42.5 Å². The van der Waals surface area contributed by atoms with Gasteiger partial charge in [-0.2, -0.15) is 0 Å². The van der Waals surface area contributed by atoms with Gasteiger partial charge in [0.2, 0.25) is 0 Å². The molecule has 2 aromatic rings. The smallest absolute Gasteiger partial charge is 0.254 e. The summed E-state index contributed by atoms with van der Waals surface area (Å²) in [6.45, 7) is 0.959. The van der Waals surface area contributed by atoms with Gasteiger partial charge in [0.05, 0.1) is 0 Å². The van der Waals surface area contributed by atoms with Gasteiger partial charge in [-0.1, -0.05) is 24.3 Å². The number of hydrogen-bond donors (Lipinski definition) is 0. The minimum Gasteiger partial charge on any atom is -0.330 e. The van der Waals surface area contributed by atoms with Crippen molar-refractivity contribution in [1.82, 2.24) is 4.90 Å². The molecule has 3 rings (SSSR count). The van der Waals surface area contributed by atoms with Crippen molar-refractivity contribution in [3.63, 3.8) is 0 Å². The molecule has 0 fully saturated rings. The van der Waals surface area contributed by atoms with E-state index < -0.39 is 11.6 Å². The van der Waals surface area contributed by atoms with Gasteiger partial charge in [-0.05, 0) is 23.3 Å². The molecule has 1 amide bonds. The summed E-state index contributed by atoms with van der Waals surface area (Å²) in [6, 6.07) is 10.6. The summed E-state index contributed by atoms with van der Waals surface area (Å²) in [5, 5.41) is 0. The number of carbonyl (C=O) groups excluding carboxylic acids is 1. The van der Waals surface area contributed by atoms with E-state index in [-0.39, 0.29) is 11.5 Å². The van der Waals surface area contributed by atoms with E-state index in [0.29, 0.717) is 13.1 Å². The largest absolute Gasteiger partial charge is 0.330 e. The molecule has 0 saturated heterocycles. The minimum atomic E-state index is -0.736. The van der Waals surface area contributed by atoms with Crippen molar-refractivity contribution >= 4 is 5.91 Å². The maximum absolute atomic E-state index is 13.1. The van der Waals surface area contributed by atoms with Gasteiger partial charge in [0.1, 0.15) is 11.6 Å². The van der Waals surface area contributed by atoms with Gasteiger partial charge in [0, 0.05) is 24.7 Å². The Morgan fingerprint density at radius 2 is 1.47 bits per heavy atom. The standard InChI is InChI=1S/C15H11F2NO/c16-13-5-12(6-14(17)7-13)15(19)18-8-10-3-1-2-4-11(10)9-18/h1-7H,8-9H2. The lowest BCUT2D eigenvalue weighted by atomic mass is 10.1. The molecule has 0 bridgehead atoms. The van der Waals surface area contributed by atoms with E-state index in [1.165, 1.54) is 0 Å². The molecule has 1 heterocycles. The van der Waals surface area contributed by atoms with Gasteiger partial charge in [-0.3, -0.25) is 4.79 Å². The highest BCUT2D eigenvalue weighted by molar-refractivity contribution is 5.94. The molecule has 19 heavy (non-hydrogen) atoms. The van der Waals surface area contributed by atoms with E-state index >= 15 is 0 Å². The first-order valence-electron chi connectivity index (χ1n) is 5.95. The van der Waals surface area contributed by atoms with Crippen LogP contribution in [0, 0.1) is 11.6 Å². The Bertz CT molecular complexity index is 609. The number of benzene rings is 2. The van der Waals surface area contributed by atoms with Crippen LogP contribution >= 0.6 is 0 Å². The molecule has 96 valence electrons. The third-order valence-corrected chi connectivity index (χ3v) is 3.24. The quantitative estimate of drug-likeness (QED) is 0.770. The molecule has 0 radical (unpaired) electrons. The number of hydrogen-bond acceptors (Lipinski definition) is 1. The predicted molar refractivity (Wildman–Crippen MR) is 66.4 cm³/mol. The molecule has 2 aromatic carbocycles. The van der Waals surface area contributed by atoms with Crippen LogP contribution in [0.4, 0.5) is 8.78 Å². The average Bonchev–Trinajstić information content (AvgIpc) is 2.80. The second-order valence-electron chi connectivity index (χ2n) is 4.59. The fourth-order valence-electron chi connectivity index (χ4n) is 2.34. The summed E-state index contributed by atoms with van der Waals surface area (Å²) in [6.07, 6.45) is 0. The van der Waals surface area contributed by atoms with Gasteiger partial charge < -0.3 is 4.90 Å². The van der Waals surface area contributed by atoms with E-state index in [9.17, 15) is 13.6 Å². The van der Waals surface area contributed by atoms with Gasteiger partial charge in [0.25, 0.3) is 5.91 Å². The summed E-state index contributed by atoms with van der Waals surface area (Å²) >= 11 is 0. The van der Waals surface area contributed by atoms with Crippen LogP contribution in [0.3, 0.4) is 0 Å². The zero-order valence-electron chi connectivity index (χ0n) is 10.1. The highest BCUT2D eigenvalue weighted by Crippen LogP contribution is 2.24. The lowest BCUT2D eigenvalue weighted by Crippen LogP contribution is -2.25. The van der Waals surface area contributed by atoms with Crippen molar-refractivity contribution in [2.24, 2.45) is 0 Å². The third-order valence-electron chi connectivity index (χ3n) is 3.24. The van der Waals surface area contributed by atoms with Crippen molar-refractivity contribution in [1.29, 1.82) is 0 Å². The topological polar surface area (TPSA) is 20.3 Å². The molecule has 1 aliphatic rings. The van der Waals surface area contributed by atoms with Crippen LogP contribution in [0.1, 0.15) is 21.5 Å². The molecule has 4 heteroatoms. The number of fused-ring (bicyclic) bond motifs is 1. The summed E-state index contributed by atoms with van der Waals surface area (Å²) in [7, 11) is 0. The summed E-state index contributed by atoms with van der Waals surface area (Å²) in [4.78, 5) is 13.8. The average molecular weight is 259 g/mol. The van der Waals surface area contributed by atoms with Crippen LogP contribution in [-0.2, 0) is 13.1 Å².